The lowest BCUT2D eigenvalue weighted by atomic mass is 10.1. The Hall–Kier alpha value is -3.35. The number of azo groups is 1. The third-order valence-corrected chi connectivity index (χ3v) is 3.77. The van der Waals surface area contributed by atoms with Crippen LogP contribution in [0.2, 0.25) is 0 Å². The summed E-state index contributed by atoms with van der Waals surface area (Å²) >= 11 is 0. The van der Waals surface area contributed by atoms with Crippen LogP contribution < -0.4 is 10.1 Å². The molecule has 0 saturated heterocycles. The smallest absolute Gasteiger partial charge is 0.283 e. The molecule has 1 heterocycles. The molecule has 0 radical (unpaired) electrons. The van der Waals surface area contributed by atoms with Gasteiger partial charge in [-0.2, -0.15) is 0 Å². The van der Waals surface area contributed by atoms with Crippen LogP contribution in [0.1, 0.15) is 5.56 Å². The molecule has 0 unspecified atom stereocenters. The Kier molecular flexibility index (Phi) is 4.65. The van der Waals surface area contributed by atoms with Crippen LogP contribution in [0, 0.1) is 6.92 Å². The van der Waals surface area contributed by atoms with Gasteiger partial charge >= 0.3 is 0 Å². The maximum Gasteiger partial charge on any atom is 0.283 e. The lowest BCUT2D eigenvalue weighted by Gasteiger charge is -2.05. The number of H-pyrrole nitrogens is 1. The summed E-state index contributed by atoms with van der Waals surface area (Å²) in [5, 5.41) is 21.2. The number of nitrogens with one attached hydrogen (secondary N) is 2. The number of ether oxygens (including phenoxy) is 1. The van der Waals surface area contributed by atoms with Gasteiger partial charge in [-0.05, 0) is 24.6 Å². The van der Waals surface area contributed by atoms with E-state index in [1.807, 2.05) is 43.3 Å². The minimum Gasteiger partial charge on any atom is -0.497 e. The van der Waals surface area contributed by atoms with Crippen molar-refractivity contribution in [2.24, 2.45) is 10.2 Å². The maximum atomic E-state index is 11.9. The molecule has 0 saturated carbocycles. The van der Waals surface area contributed by atoms with E-state index in [2.05, 4.69) is 20.5 Å². The molecule has 3 N–H and O–H groups in total. The van der Waals surface area contributed by atoms with Crippen LogP contribution in [0.25, 0.3) is 10.9 Å². The van der Waals surface area contributed by atoms with Gasteiger partial charge in [0.15, 0.2) is 5.69 Å². The number of aromatic nitrogens is 1. The molecular weight excluding hydrogens is 320 g/mol. The standard InChI is InChI=1S/C18H18N4O3/c1-11-5-3-8-14-16(11)20-18(24)17(14)22-21-15(23)10-19-12-6-4-7-13(9-12)25-2/h3-9,19-20,24H,10H2,1-2H3. The van der Waals surface area contributed by atoms with E-state index < -0.39 is 5.91 Å². The summed E-state index contributed by atoms with van der Waals surface area (Å²) in [7, 11) is 1.58. The SMILES string of the molecule is COc1cccc(NCC(=O)N=Nc2c(O)[nH]c3c(C)cccc23)c1. The number of aromatic amines is 1. The van der Waals surface area contributed by atoms with E-state index >= 15 is 0 Å². The van der Waals surface area contributed by atoms with Crippen molar-refractivity contribution in [2.75, 3.05) is 19.0 Å². The third kappa shape index (κ3) is 3.60. The predicted molar refractivity (Wildman–Crippen MR) is 95.7 cm³/mol. The molecule has 7 nitrogen and oxygen atoms in total. The van der Waals surface area contributed by atoms with Crippen molar-refractivity contribution in [3.05, 3.63) is 48.0 Å². The van der Waals surface area contributed by atoms with Crippen molar-refractivity contribution < 1.29 is 14.6 Å². The number of hydrogen-bond donors (Lipinski definition) is 3. The Labute approximate surface area is 144 Å². The van der Waals surface area contributed by atoms with Crippen molar-refractivity contribution >= 4 is 28.2 Å². The van der Waals surface area contributed by atoms with Crippen molar-refractivity contribution in [1.82, 2.24) is 4.98 Å². The van der Waals surface area contributed by atoms with Gasteiger partial charge in [-0.15, -0.1) is 10.2 Å². The molecule has 128 valence electrons. The largest absolute Gasteiger partial charge is 0.497 e. The number of benzene rings is 2. The summed E-state index contributed by atoms with van der Waals surface area (Å²) in [6.07, 6.45) is 0. The highest BCUT2D eigenvalue weighted by molar-refractivity contribution is 5.96. The van der Waals surface area contributed by atoms with E-state index in [-0.39, 0.29) is 18.1 Å². The first kappa shape index (κ1) is 16.5. The Morgan fingerprint density at radius 1 is 1.28 bits per heavy atom. The van der Waals surface area contributed by atoms with Gasteiger partial charge in [-0.1, -0.05) is 24.3 Å². The zero-order valence-electron chi connectivity index (χ0n) is 13.9. The number of methoxy groups -OCH3 is 1. The van der Waals surface area contributed by atoms with Crippen LogP contribution >= 0.6 is 0 Å². The van der Waals surface area contributed by atoms with Gasteiger partial charge in [-0.3, -0.25) is 4.79 Å². The average molecular weight is 338 g/mol. The molecule has 0 aliphatic carbocycles. The quantitative estimate of drug-likeness (QED) is 0.614. The molecule has 1 amide bonds. The first-order chi connectivity index (χ1) is 12.1. The van der Waals surface area contributed by atoms with Gasteiger partial charge in [0.1, 0.15) is 5.75 Å². The second-order valence-corrected chi connectivity index (χ2v) is 5.50. The van der Waals surface area contributed by atoms with Crippen molar-refractivity contribution in [1.29, 1.82) is 0 Å². The lowest BCUT2D eigenvalue weighted by molar-refractivity contribution is -0.116. The van der Waals surface area contributed by atoms with Crippen LogP contribution in [0.15, 0.2) is 52.7 Å². The van der Waals surface area contributed by atoms with Gasteiger partial charge in [0, 0.05) is 17.1 Å². The summed E-state index contributed by atoms with van der Waals surface area (Å²) < 4.78 is 5.12. The Morgan fingerprint density at radius 2 is 2.08 bits per heavy atom. The summed E-state index contributed by atoms with van der Waals surface area (Å²) in [5.74, 6) is 0.129. The highest BCUT2D eigenvalue weighted by atomic mass is 16.5. The molecule has 1 aromatic heterocycles. The van der Waals surface area contributed by atoms with Gasteiger partial charge in [0.25, 0.3) is 5.91 Å². The molecule has 0 spiro atoms. The number of para-hydroxylation sites is 1. The molecule has 0 fully saturated rings. The van der Waals surface area contributed by atoms with Crippen LogP contribution in [0.4, 0.5) is 11.4 Å². The Morgan fingerprint density at radius 3 is 2.88 bits per heavy atom. The minimum atomic E-state index is -0.454. The fourth-order valence-electron chi connectivity index (χ4n) is 2.49. The predicted octanol–water partition coefficient (Wildman–Crippen LogP) is 3.91. The number of carbonyl (C=O) groups excluding carboxylic acids is 1. The molecule has 2 aromatic carbocycles. The number of aryl methyl sites for hydroxylation is 1. The van der Waals surface area contributed by atoms with Crippen LogP contribution in [0.3, 0.4) is 0 Å². The first-order valence-electron chi connectivity index (χ1n) is 7.71. The lowest BCUT2D eigenvalue weighted by Crippen LogP contribution is -2.10. The summed E-state index contributed by atoms with van der Waals surface area (Å²) in [4.78, 5) is 14.8. The zero-order chi connectivity index (χ0) is 17.8. The number of nitrogens with zero attached hydrogens (tertiary/aromatic N) is 2. The van der Waals surface area contributed by atoms with Crippen molar-refractivity contribution in [3.63, 3.8) is 0 Å². The van der Waals surface area contributed by atoms with Crippen molar-refractivity contribution in [2.45, 2.75) is 6.92 Å². The van der Waals surface area contributed by atoms with Crippen molar-refractivity contribution in [3.8, 4) is 11.6 Å². The number of rotatable bonds is 5. The maximum absolute atomic E-state index is 11.9. The highest BCUT2D eigenvalue weighted by Crippen LogP contribution is 2.36. The monoisotopic (exact) mass is 338 g/mol. The van der Waals surface area contributed by atoms with Gasteiger partial charge in [0.2, 0.25) is 5.88 Å². The summed E-state index contributed by atoms with van der Waals surface area (Å²) in [5.41, 5.74) is 2.75. The average Bonchev–Trinajstić information content (AvgIpc) is 2.95. The molecule has 0 bridgehead atoms. The van der Waals surface area contributed by atoms with Crippen LogP contribution in [0.5, 0.6) is 11.6 Å². The number of fused-ring (bicyclic) bond motifs is 1. The molecular formula is C18H18N4O3. The van der Waals surface area contributed by atoms with E-state index in [9.17, 15) is 9.90 Å². The normalized spacial score (nSPS) is 11.1. The van der Waals surface area contributed by atoms with Gasteiger partial charge in [-0.25, -0.2) is 0 Å². The molecule has 25 heavy (non-hydrogen) atoms. The Bertz CT molecular complexity index is 947. The molecule has 3 aromatic rings. The number of anilines is 1. The van der Waals surface area contributed by atoms with E-state index in [0.717, 1.165) is 22.2 Å². The number of aromatic hydroxyl groups is 1. The minimum absolute atomic E-state index is 0.0151. The topological polar surface area (TPSA) is 99.1 Å². The first-order valence-corrected chi connectivity index (χ1v) is 7.71. The van der Waals surface area contributed by atoms with Gasteiger partial charge < -0.3 is 20.1 Å². The molecule has 3 rings (SSSR count). The van der Waals surface area contributed by atoms with Crippen LogP contribution in [-0.4, -0.2) is 29.7 Å². The molecule has 0 aliphatic heterocycles. The Balaban J connectivity index is 1.71. The molecule has 7 heteroatoms. The van der Waals surface area contributed by atoms with Gasteiger partial charge in [0.05, 0.1) is 19.2 Å². The second kappa shape index (κ2) is 7.04. The third-order valence-electron chi connectivity index (χ3n) is 3.77. The zero-order valence-corrected chi connectivity index (χ0v) is 13.9. The van der Waals surface area contributed by atoms with E-state index in [1.165, 1.54) is 0 Å². The number of carbonyl (C=O) groups is 1. The second-order valence-electron chi connectivity index (χ2n) is 5.50. The number of hydrogen-bond acceptors (Lipinski definition) is 5. The highest BCUT2D eigenvalue weighted by Gasteiger charge is 2.12. The van der Waals surface area contributed by atoms with Crippen LogP contribution in [-0.2, 0) is 4.79 Å². The fraction of sp³-hybridized carbons (Fsp3) is 0.167. The summed E-state index contributed by atoms with van der Waals surface area (Å²) in [6, 6.07) is 12.8. The fourth-order valence-corrected chi connectivity index (χ4v) is 2.49. The molecule has 0 aliphatic rings. The van der Waals surface area contributed by atoms with E-state index in [0.29, 0.717) is 5.75 Å². The number of amides is 1. The molecule has 0 atom stereocenters. The van der Waals surface area contributed by atoms with E-state index in [1.54, 1.807) is 13.2 Å². The summed E-state index contributed by atoms with van der Waals surface area (Å²) in [6.45, 7) is 1.90. The van der Waals surface area contributed by atoms with E-state index in [4.69, 9.17) is 4.74 Å².